The van der Waals surface area contributed by atoms with Gasteiger partial charge in [-0.05, 0) is 6.07 Å². The molecule has 1 heterocycles. The highest BCUT2D eigenvalue weighted by Gasteiger charge is 2.12. The lowest BCUT2D eigenvalue weighted by atomic mass is 10.4. The number of nitrogens with zero attached hydrogens (tertiary/aromatic N) is 3. The lowest BCUT2D eigenvalue weighted by molar-refractivity contribution is 0.0866. The maximum Gasteiger partial charge on any atom is 0.251 e. The second-order valence-electron chi connectivity index (χ2n) is 2.98. The monoisotopic (exact) mass is 235 g/mol. The van der Waals surface area contributed by atoms with Crippen molar-refractivity contribution in [3.05, 3.63) is 24.3 Å². The summed E-state index contributed by atoms with van der Waals surface area (Å²) in [5, 5.41) is 0. The lowest BCUT2D eigenvalue weighted by Crippen LogP contribution is -2.31. The SMILES string of the molecule is FC(F)CN(CCCl)Cc1ncccn1. The maximum atomic E-state index is 12.2. The summed E-state index contributed by atoms with van der Waals surface area (Å²) in [4.78, 5) is 9.47. The Kier molecular flexibility index (Phi) is 5.42. The van der Waals surface area contributed by atoms with Crippen molar-refractivity contribution in [2.45, 2.75) is 13.0 Å². The van der Waals surface area contributed by atoms with E-state index in [2.05, 4.69) is 9.97 Å². The molecule has 0 radical (unpaired) electrons. The minimum absolute atomic E-state index is 0.301. The fourth-order valence-electron chi connectivity index (χ4n) is 1.16. The van der Waals surface area contributed by atoms with E-state index < -0.39 is 6.43 Å². The summed E-state index contributed by atoms with van der Waals surface area (Å²) in [7, 11) is 0. The van der Waals surface area contributed by atoms with E-state index in [1.165, 1.54) is 4.90 Å². The molecule has 15 heavy (non-hydrogen) atoms. The van der Waals surface area contributed by atoms with E-state index in [1.54, 1.807) is 18.5 Å². The first-order valence-electron chi connectivity index (χ1n) is 4.54. The van der Waals surface area contributed by atoms with E-state index in [4.69, 9.17) is 11.6 Å². The van der Waals surface area contributed by atoms with Gasteiger partial charge in [0.15, 0.2) is 0 Å². The number of hydrogen-bond acceptors (Lipinski definition) is 3. The fraction of sp³-hybridized carbons (Fsp3) is 0.556. The molecule has 6 heteroatoms. The third-order valence-corrected chi connectivity index (χ3v) is 1.95. The van der Waals surface area contributed by atoms with E-state index in [1.807, 2.05) is 0 Å². The third-order valence-electron chi connectivity index (χ3n) is 1.78. The average molecular weight is 236 g/mol. The molecule has 0 aromatic carbocycles. The quantitative estimate of drug-likeness (QED) is 0.704. The summed E-state index contributed by atoms with van der Waals surface area (Å²) in [6.45, 7) is 0.410. The summed E-state index contributed by atoms with van der Waals surface area (Å²) in [5.74, 6) is 0.850. The highest BCUT2D eigenvalue weighted by Crippen LogP contribution is 2.03. The first kappa shape index (κ1) is 12.3. The first-order chi connectivity index (χ1) is 7.22. The Balaban J connectivity index is 2.50. The van der Waals surface area contributed by atoms with Crippen LogP contribution in [0.2, 0.25) is 0 Å². The van der Waals surface area contributed by atoms with Crippen LogP contribution in [0.4, 0.5) is 8.78 Å². The summed E-state index contributed by atoms with van der Waals surface area (Å²) in [5.41, 5.74) is 0. The van der Waals surface area contributed by atoms with Gasteiger partial charge in [-0.3, -0.25) is 4.90 Å². The Labute approximate surface area is 92.1 Å². The van der Waals surface area contributed by atoms with Crippen molar-refractivity contribution in [2.75, 3.05) is 19.0 Å². The summed E-state index contributed by atoms with van der Waals surface area (Å²) < 4.78 is 24.4. The van der Waals surface area contributed by atoms with Gasteiger partial charge in [-0.25, -0.2) is 18.7 Å². The molecule has 84 valence electrons. The topological polar surface area (TPSA) is 29.0 Å². The van der Waals surface area contributed by atoms with Crippen molar-refractivity contribution in [3.63, 3.8) is 0 Å². The van der Waals surface area contributed by atoms with Crippen LogP contribution in [0.1, 0.15) is 5.82 Å². The normalized spacial score (nSPS) is 11.3. The zero-order chi connectivity index (χ0) is 11.1. The van der Waals surface area contributed by atoms with Gasteiger partial charge in [0, 0.05) is 24.8 Å². The van der Waals surface area contributed by atoms with Crippen LogP contribution in [0.25, 0.3) is 0 Å². The molecule has 0 unspecified atom stereocenters. The standard InChI is InChI=1S/C9H12ClF2N3/c10-2-5-15(6-8(11)12)7-9-13-3-1-4-14-9/h1,3-4,8H,2,5-7H2. The number of alkyl halides is 3. The van der Waals surface area contributed by atoms with Gasteiger partial charge in [0.25, 0.3) is 6.43 Å². The number of rotatable bonds is 6. The van der Waals surface area contributed by atoms with Crippen LogP contribution in [0.5, 0.6) is 0 Å². The predicted molar refractivity (Wildman–Crippen MR) is 54.0 cm³/mol. The van der Waals surface area contributed by atoms with Crippen molar-refractivity contribution in [1.29, 1.82) is 0 Å². The van der Waals surface area contributed by atoms with Gasteiger partial charge in [0.1, 0.15) is 5.82 Å². The molecule has 0 amide bonds. The number of aromatic nitrogens is 2. The third kappa shape index (κ3) is 4.99. The largest absolute Gasteiger partial charge is 0.289 e. The van der Waals surface area contributed by atoms with E-state index in [0.29, 0.717) is 24.8 Å². The zero-order valence-electron chi connectivity index (χ0n) is 8.11. The van der Waals surface area contributed by atoms with Crippen molar-refractivity contribution in [3.8, 4) is 0 Å². The molecule has 0 atom stereocenters. The van der Waals surface area contributed by atoms with Crippen molar-refractivity contribution >= 4 is 11.6 Å². The molecule has 1 rings (SSSR count). The molecule has 0 spiro atoms. The minimum Gasteiger partial charge on any atom is -0.289 e. The molecule has 0 aliphatic rings. The van der Waals surface area contributed by atoms with Crippen LogP contribution in [-0.4, -0.2) is 40.3 Å². The van der Waals surface area contributed by atoms with E-state index in [9.17, 15) is 8.78 Å². The van der Waals surface area contributed by atoms with Gasteiger partial charge in [0.05, 0.1) is 13.1 Å². The Bertz CT molecular complexity index is 271. The van der Waals surface area contributed by atoms with E-state index in [0.717, 1.165) is 0 Å². The summed E-state index contributed by atoms with van der Waals surface area (Å²) in [6, 6.07) is 1.68. The molecule has 0 aliphatic carbocycles. The second-order valence-corrected chi connectivity index (χ2v) is 3.36. The predicted octanol–water partition coefficient (Wildman–Crippen LogP) is 1.78. The molecule has 0 saturated carbocycles. The Morgan fingerprint density at radius 2 is 2.00 bits per heavy atom. The molecule has 0 aliphatic heterocycles. The summed E-state index contributed by atoms with van der Waals surface area (Å²) >= 11 is 5.52. The number of hydrogen-bond donors (Lipinski definition) is 0. The lowest BCUT2D eigenvalue weighted by Gasteiger charge is -2.19. The summed E-state index contributed by atoms with van der Waals surface area (Å²) in [6.07, 6.45) is 0.810. The highest BCUT2D eigenvalue weighted by atomic mass is 35.5. The number of halogens is 3. The molecule has 0 bridgehead atoms. The van der Waals surface area contributed by atoms with E-state index in [-0.39, 0.29) is 6.54 Å². The van der Waals surface area contributed by atoms with Crippen LogP contribution in [0.3, 0.4) is 0 Å². The fourth-order valence-corrected chi connectivity index (χ4v) is 1.40. The van der Waals surface area contributed by atoms with Gasteiger partial charge in [-0.1, -0.05) is 0 Å². The Morgan fingerprint density at radius 1 is 1.33 bits per heavy atom. The van der Waals surface area contributed by atoms with Gasteiger partial charge in [-0.15, -0.1) is 11.6 Å². The molecular formula is C9H12ClF2N3. The van der Waals surface area contributed by atoms with Crippen LogP contribution < -0.4 is 0 Å². The van der Waals surface area contributed by atoms with Crippen LogP contribution >= 0.6 is 11.6 Å². The molecule has 1 aromatic heterocycles. The van der Waals surface area contributed by atoms with Crippen LogP contribution in [0, 0.1) is 0 Å². The van der Waals surface area contributed by atoms with Crippen LogP contribution in [-0.2, 0) is 6.54 Å². The Hall–Kier alpha value is -0.810. The van der Waals surface area contributed by atoms with Gasteiger partial charge in [-0.2, -0.15) is 0 Å². The van der Waals surface area contributed by atoms with Crippen molar-refractivity contribution in [2.24, 2.45) is 0 Å². The zero-order valence-corrected chi connectivity index (χ0v) is 8.87. The first-order valence-corrected chi connectivity index (χ1v) is 5.08. The molecule has 1 aromatic rings. The van der Waals surface area contributed by atoms with Crippen molar-refractivity contribution < 1.29 is 8.78 Å². The molecule has 3 nitrogen and oxygen atoms in total. The molecule has 0 fully saturated rings. The molecular weight excluding hydrogens is 224 g/mol. The van der Waals surface area contributed by atoms with Gasteiger partial charge >= 0.3 is 0 Å². The Morgan fingerprint density at radius 3 is 2.53 bits per heavy atom. The smallest absolute Gasteiger partial charge is 0.251 e. The molecule has 0 saturated heterocycles. The second kappa shape index (κ2) is 6.63. The minimum atomic E-state index is -2.36. The van der Waals surface area contributed by atoms with Crippen LogP contribution in [0.15, 0.2) is 18.5 Å². The van der Waals surface area contributed by atoms with E-state index >= 15 is 0 Å². The van der Waals surface area contributed by atoms with Gasteiger partial charge in [0.2, 0.25) is 0 Å². The molecule has 0 N–H and O–H groups in total. The maximum absolute atomic E-state index is 12.2. The van der Waals surface area contributed by atoms with Crippen molar-refractivity contribution in [1.82, 2.24) is 14.9 Å². The average Bonchev–Trinajstić information content (AvgIpc) is 2.18. The highest BCUT2D eigenvalue weighted by molar-refractivity contribution is 6.18. The van der Waals surface area contributed by atoms with Gasteiger partial charge < -0.3 is 0 Å².